The molecular weight excluding hydrogens is 348 g/mol. The highest BCUT2D eigenvalue weighted by atomic mass is 16.5. The summed E-state index contributed by atoms with van der Waals surface area (Å²) in [6.07, 6.45) is 0.361. The van der Waals surface area contributed by atoms with Crippen molar-refractivity contribution in [1.82, 2.24) is 0 Å². The van der Waals surface area contributed by atoms with E-state index in [1.54, 1.807) is 12.1 Å². The predicted octanol–water partition coefficient (Wildman–Crippen LogP) is 5.83. The van der Waals surface area contributed by atoms with Gasteiger partial charge in [0.1, 0.15) is 11.5 Å². The number of hydrogen-bond donors (Lipinski definition) is 1. The lowest BCUT2D eigenvalue weighted by Gasteiger charge is -2.22. The third-order valence-electron chi connectivity index (χ3n) is 4.69. The van der Waals surface area contributed by atoms with Crippen molar-refractivity contribution in [2.45, 2.75) is 33.1 Å². The van der Waals surface area contributed by atoms with E-state index in [2.05, 4.69) is 24.3 Å². The summed E-state index contributed by atoms with van der Waals surface area (Å²) in [5.74, 6) is 0.483. The number of benzene rings is 3. The molecule has 0 aliphatic carbocycles. The molecule has 28 heavy (non-hydrogen) atoms. The van der Waals surface area contributed by atoms with Gasteiger partial charge in [-0.05, 0) is 30.5 Å². The fraction of sp³-hybridized carbons (Fsp3) is 0.240. The molecule has 0 saturated heterocycles. The Bertz CT molecular complexity index is 942. The third-order valence-corrected chi connectivity index (χ3v) is 4.69. The van der Waals surface area contributed by atoms with E-state index in [0.717, 1.165) is 22.3 Å². The Morgan fingerprint density at radius 1 is 0.893 bits per heavy atom. The molecule has 0 bridgehead atoms. The summed E-state index contributed by atoms with van der Waals surface area (Å²) < 4.78 is 5.72. The van der Waals surface area contributed by atoms with Crippen molar-refractivity contribution >= 4 is 5.97 Å². The Morgan fingerprint density at radius 3 is 2.14 bits per heavy atom. The lowest BCUT2D eigenvalue weighted by atomic mass is 9.84. The van der Waals surface area contributed by atoms with E-state index in [9.17, 15) is 9.90 Å². The zero-order valence-corrected chi connectivity index (χ0v) is 16.6. The molecular formula is C25H26O3. The Labute approximate surface area is 166 Å². The van der Waals surface area contributed by atoms with Crippen LogP contribution >= 0.6 is 0 Å². The molecule has 0 aliphatic heterocycles. The smallest absolute Gasteiger partial charge is 0.311 e. The normalized spacial score (nSPS) is 12.0. The molecule has 3 aromatic carbocycles. The highest BCUT2D eigenvalue weighted by Crippen LogP contribution is 2.40. The number of phenolic OH excluding ortho intramolecular Hbond substituents is 1. The van der Waals surface area contributed by atoms with Gasteiger partial charge in [0, 0.05) is 23.5 Å². The number of esters is 1. The molecule has 0 heterocycles. The topological polar surface area (TPSA) is 46.5 Å². The SMILES string of the molecule is Cc1ccc([C@H](c2ccccc2O)c2ccccc2OC(=O)CC(C)C)cc1. The maximum Gasteiger partial charge on any atom is 0.311 e. The summed E-state index contributed by atoms with van der Waals surface area (Å²) in [5.41, 5.74) is 3.82. The van der Waals surface area contributed by atoms with Gasteiger partial charge in [0.05, 0.1) is 0 Å². The van der Waals surface area contributed by atoms with Crippen LogP contribution in [0.15, 0.2) is 72.8 Å². The van der Waals surface area contributed by atoms with Crippen molar-refractivity contribution in [3.63, 3.8) is 0 Å². The summed E-state index contributed by atoms with van der Waals surface area (Å²) in [6.45, 7) is 6.02. The van der Waals surface area contributed by atoms with E-state index in [-0.39, 0.29) is 23.6 Å². The number of aryl methyl sites for hydroxylation is 1. The van der Waals surface area contributed by atoms with Gasteiger partial charge in [-0.3, -0.25) is 4.79 Å². The van der Waals surface area contributed by atoms with Crippen LogP contribution in [0.25, 0.3) is 0 Å². The fourth-order valence-electron chi connectivity index (χ4n) is 3.33. The average molecular weight is 374 g/mol. The van der Waals surface area contributed by atoms with E-state index in [1.165, 1.54) is 0 Å². The fourth-order valence-corrected chi connectivity index (χ4v) is 3.33. The molecule has 3 rings (SSSR count). The van der Waals surface area contributed by atoms with Crippen molar-refractivity contribution in [3.05, 3.63) is 95.1 Å². The Hall–Kier alpha value is -3.07. The van der Waals surface area contributed by atoms with E-state index >= 15 is 0 Å². The van der Waals surface area contributed by atoms with Crippen LogP contribution in [0.1, 0.15) is 48.4 Å². The van der Waals surface area contributed by atoms with Gasteiger partial charge in [-0.25, -0.2) is 0 Å². The monoisotopic (exact) mass is 374 g/mol. The van der Waals surface area contributed by atoms with Gasteiger partial charge in [0.25, 0.3) is 0 Å². The first kappa shape index (κ1) is 19.7. The molecule has 144 valence electrons. The maximum absolute atomic E-state index is 12.3. The van der Waals surface area contributed by atoms with Crippen LogP contribution in [-0.2, 0) is 4.79 Å². The standard InChI is InChI=1S/C25H26O3/c1-17(2)16-24(27)28-23-11-7-5-9-21(23)25(19-14-12-18(3)13-15-19)20-8-4-6-10-22(20)26/h4-15,17,25-26H,16H2,1-3H3/t25-/m1/s1. The Balaban J connectivity index is 2.10. The molecule has 0 saturated carbocycles. The summed E-state index contributed by atoms with van der Waals surface area (Å²) in [7, 11) is 0. The van der Waals surface area contributed by atoms with E-state index < -0.39 is 0 Å². The first-order valence-electron chi connectivity index (χ1n) is 9.59. The summed E-state index contributed by atoms with van der Waals surface area (Å²) in [5, 5.41) is 10.5. The maximum atomic E-state index is 12.3. The first-order valence-corrected chi connectivity index (χ1v) is 9.59. The second kappa shape index (κ2) is 8.75. The largest absolute Gasteiger partial charge is 0.508 e. The van der Waals surface area contributed by atoms with Gasteiger partial charge in [0.15, 0.2) is 0 Å². The summed E-state index contributed by atoms with van der Waals surface area (Å²) >= 11 is 0. The number of aromatic hydroxyl groups is 1. The van der Waals surface area contributed by atoms with Crippen molar-refractivity contribution in [2.75, 3.05) is 0 Å². The zero-order chi connectivity index (χ0) is 20.1. The lowest BCUT2D eigenvalue weighted by molar-refractivity contribution is -0.135. The van der Waals surface area contributed by atoms with Crippen LogP contribution in [0.3, 0.4) is 0 Å². The van der Waals surface area contributed by atoms with Gasteiger partial charge in [-0.2, -0.15) is 0 Å². The number of phenols is 1. The molecule has 0 radical (unpaired) electrons. The molecule has 1 N–H and O–H groups in total. The van der Waals surface area contributed by atoms with Gasteiger partial charge < -0.3 is 9.84 Å². The molecule has 3 aromatic rings. The van der Waals surface area contributed by atoms with Crippen LogP contribution < -0.4 is 4.74 Å². The number of carbonyl (C=O) groups excluding carboxylic acids is 1. The highest BCUT2D eigenvalue weighted by molar-refractivity contribution is 5.73. The second-order valence-electron chi connectivity index (χ2n) is 7.51. The van der Waals surface area contributed by atoms with Gasteiger partial charge in [-0.15, -0.1) is 0 Å². The Kier molecular flexibility index (Phi) is 6.15. The van der Waals surface area contributed by atoms with E-state index in [1.807, 2.05) is 57.2 Å². The van der Waals surface area contributed by atoms with E-state index in [0.29, 0.717) is 12.2 Å². The minimum atomic E-state index is -0.248. The molecule has 0 fully saturated rings. The average Bonchev–Trinajstić information content (AvgIpc) is 2.65. The molecule has 3 heteroatoms. The molecule has 3 nitrogen and oxygen atoms in total. The number of ether oxygens (including phenoxy) is 1. The van der Waals surface area contributed by atoms with E-state index in [4.69, 9.17) is 4.74 Å². The minimum Gasteiger partial charge on any atom is -0.508 e. The van der Waals surface area contributed by atoms with Crippen molar-refractivity contribution in [2.24, 2.45) is 5.92 Å². The minimum absolute atomic E-state index is 0.219. The number of carbonyl (C=O) groups is 1. The number of para-hydroxylation sites is 2. The van der Waals surface area contributed by atoms with Crippen LogP contribution in [0.4, 0.5) is 0 Å². The molecule has 0 amide bonds. The van der Waals surface area contributed by atoms with Gasteiger partial charge in [0.2, 0.25) is 0 Å². The molecule has 1 atom stereocenters. The molecule has 0 aromatic heterocycles. The van der Waals surface area contributed by atoms with Gasteiger partial charge in [-0.1, -0.05) is 80.1 Å². The van der Waals surface area contributed by atoms with Crippen molar-refractivity contribution < 1.29 is 14.6 Å². The third kappa shape index (κ3) is 4.61. The first-order chi connectivity index (χ1) is 13.5. The lowest BCUT2D eigenvalue weighted by Crippen LogP contribution is -2.13. The number of rotatable bonds is 6. The zero-order valence-electron chi connectivity index (χ0n) is 16.6. The Morgan fingerprint density at radius 2 is 1.50 bits per heavy atom. The van der Waals surface area contributed by atoms with Crippen molar-refractivity contribution in [1.29, 1.82) is 0 Å². The van der Waals surface area contributed by atoms with Crippen LogP contribution in [-0.4, -0.2) is 11.1 Å². The van der Waals surface area contributed by atoms with Gasteiger partial charge >= 0.3 is 5.97 Å². The quantitative estimate of drug-likeness (QED) is 0.335. The van der Waals surface area contributed by atoms with Crippen molar-refractivity contribution in [3.8, 4) is 11.5 Å². The van der Waals surface area contributed by atoms with Crippen LogP contribution in [0.2, 0.25) is 0 Å². The van der Waals surface area contributed by atoms with Crippen LogP contribution in [0, 0.1) is 12.8 Å². The summed E-state index contributed by atoms with van der Waals surface area (Å²) in [4.78, 5) is 12.3. The predicted molar refractivity (Wildman–Crippen MR) is 112 cm³/mol. The second-order valence-corrected chi connectivity index (χ2v) is 7.51. The number of hydrogen-bond acceptors (Lipinski definition) is 3. The molecule has 0 spiro atoms. The molecule has 0 aliphatic rings. The highest BCUT2D eigenvalue weighted by Gasteiger charge is 2.24. The summed E-state index contributed by atoms with van der Waals surface area (Å²) in [6, 6.07) is 23.1. The van der Waals surface area contributed by atoms with Crippen LogP contribution in [0.5, 0.6) is 11.5 Å². The molecule has 0 unspecified atom stereocenters.